The fourth-order valence-corrected chi connectivity index (χ4v) is 15.7. The lowest BCUT2D eigenvalue weighted by molar-refractivity contribution is -0.143. The molecule has 46 nitrogen and oxygen atoms in total. The van der Waals surface area contributed by atoms with Crippen LogP contribution < -0.4 is 85.9 Å². The number of ketones is 1. The molecule has 5 aromatic rings. The minimum Gasteiger partial charge on any atom is -0.394 e. The van der Waals surface area contributed by atoms with Gasteiger partial charge in [-0.05, 0) is 98.8 Å². The van der Waals surface area contributed by atoms with Crippen molar-refractivity contribution in [1.29, 1.82) is 5.41 Å². The third-order valence-corrected chi connectivity index (χ3v) is 23.3. The van der Waals surface area contributed by atoms with Gasteiger partial charge in [0.05, 0.1) is 63.7 Å². The Morgan fingerprint density at radius 3 is 1.88 bits per heavy atom. The minimum absolute atomic E-state index is 0.0150. The molecule has 2 aromatic carbocycles. The van der Waals surface area contributed by atoms with Crippen molar-refractivity contribution in [3.63, 3.8) is 0 Å². The zero-order valence-electron chi connectivity index (χ0n) is 78.1. The smallest absolute Gasteiger partial charge is 0.246 e. The molecule has 0 spiro atoms. The van der Waals surface area contributed by atoms with E-state index in [1.807, 2.05) is 18.2 Å². The van der Waals surface area contributed by atoms with Crippen molar-refractivity contribution in [2.45, 2.75) is 285 Å². The Morgan fingerprint density at radius 2 is 1.21 bits per heavy atom. The zero-order chi connectivity index (χ0) is 99.2. The number of nitrogens with two attached hydrogens (primary N) is 2. The van der Waals surface area contributed by atoms with E-state index in [0.717, 1.165) is 60.2 Å². The minimum atomic E-state index is -1.92. The van der Waals surface area contributed by atoms with Gasteiger partial charge in [-0.15, -0.1) is 5.10 Å². The zero-order valence-corrected chi connectivity index (χ0v) is 78.1. The molecule has 15 amide bonds. The predicted octanol–water partition coefficient (Wildman–Crippen LogP) is -2.42. The van der Waals surface area contributed by atoms with Crippen molar-refractivity contribution in [2.75, 3.05) is 72.4 Å². The van der Waals surface area contributed by atoms with Crippen LogP contribution in [-0.4, -0.2) is 301 Å². The highest BCUT2D eigenvalue weighted by Crippen LogP contribution is 2.24. The van der Waals surface area contributed by atoms with Gasteiger partial charge in [-0.1, -0.05) is 139 Å². The third-order valence-electron chi connectivity index (χ3n) is 23.3. The summed E-state index contributed by atoms with van der Waals surface area (Å²) in [5.74, 6) is -13.5. The lowest BCUT2D eigenvalue weighted by atomic mass is 10.0. The molecule has 46 heteroatoms. The number of nitrogens with one attached hydrogen (secondary N) is 18. The van der Waals surface area contributed by atoms with Crippen LogP contribution >= 0.6 is 0 Å². The molecular weight excluding hydrogens is 1780 g/mol. The number of ether oxygens (including phenoxy) is 2. The number of carbonyl (C=O) groups excluding carboxylic acids is 16. The number of guanidine groups is 1. The third kappa shape index (κ3) is 41.7. The number of nitrogens with zero attached hydrogens (tertiary/aromatic N) is 5. The average Bonchev–Trinajstić information content (AvgIpc) is 1.66. The molecule has 2 saturated heterocycles. The van der Waals surface area contributed by atoms with Crippen molar-refractivity contribution in [3.8, 4) is 0 Å². The number of aryl methyl sites for hydroxylation is 1. The number of benzene rings is 2. The number of aromatic nitrogens is 7. The number of tetrazole rings is 1. The average molecular weight is 1920 g/mol. The molecule has 0 unspecified atom stereocenters. The number of hydrogen-bond donors (Lipinski definition) is 23. The number of unbranched alkanes of at least 4 members (excludes halogenated alkanes) is 13. The van der Waals surface area contributed by atoms with E-state index in [1.165, 1.54) is 70.8 Å². The second kappa shape index (κ2) is 61.9. The Balaban J connectivity index is 0.949. The largest absolute Gasteiger partial charge is 0.394 e. The number of aromatic amines is 3. The quantitative estimate of drug-likeness (QED) is 0.0109. The highest BCUT2D eigenvalue weighted by Gasteiger charge is 2.44. The normalized spacial score (nSPS) is 18.7. The summed E-state index contributed by atoms with van der Waals surface area (Å²) in [5.41, 5.74) is 13.1. The van der Waals surface area contributed by atoms with Crippen LogP contribution in [-0.2, 0) is 112 Å². The van der Waals surface area contributed by atoms with Gasteiger partial charge in [0.1, 0.15) is 72.8 Å². The molecule has 2 aliphatic heterocycles. The number of imidazole rings is 1. The van der Waals surface area contributed by atoms with Crippen molar-refractivity contribution in [3.05, 3.63) is 96.0 Å². The summed E-state index contributed by atoms with van der Waals surface area (Å²) in [6.45, 7) is -0.255. The maximum absolute atomic E-state index is 15.3. The van der Waals surface area contributed by atoms with Crippen LogP contribution in [0.25, 0.3) is 10.9 Å². The summed E-state index contributed by atoms with van der Waals surface area (Å²) in [6.07, 6.45) is 17.0. The summed E-state index contributed by atoms with van der Waals surface area (Å²) >= 11 is 0. The van der Waals surface area contributed by atoms with Gasteiger partial charge in [0.25, 0.3) is 0 Å². The van der Waals surface area contributed by atoms with Crippen molar-refractivity contribution in [1.82, 2.24) is 115 Å². The summed E-state index contributed by atoms with van der Waals surface area (Å²) < 4.78 is 10.8. The first kappa shape index (κ1) is 111. The Hall–Kier alpha value is -13.0. The van der Waals surface area contributed by atoms with Crippen LogP contribution in [0.2, 0.25) is 0 Å². The van der Waals surface area contributed by atoms with Crippen LogP contribution in [0.3, 0.4) is 0 Å². The molecule has 2 fully saturated rings. The highest BCUT2D eigenvalue weighted by molar-refractivity contribution is 6.01. The van der Waals surface area contributed by atoms with E-state index in [9.17, 15) is 77.6 Å². The van der Waals surface area contributed by atoms with Crippen LogP contribution in [0.5, 0.6) is 0 Å². The first-order chi connectivity index (χ1) is 66.0. The van der Waals surface area contributed by atoms with Gasteiger partial charge in [-0.25, -0.2) is 10.1 Å². The molecule has 0 radical (unpaired) electrons. The molecule has 0 aliphatic carbocycles. The SMILES string of the molecule is CCCC[C@H](NC(=O)[C@H](CO)NC(=O)[C@H](Cc1c[nH]cn1)NC(=O)[C@H](CCC(N)=O)NC(=O)[C@H](CO)NC(=O)CNC(=O)COCCOCCNC(=O)CCCCCCCCCCCCCCCc1nnn[nH]1)C(=O)N[C@H]1CCC(=O)NCCCC[C@@H](C(C)=O)NC(=O)[C@H](Cc2c[nH]c3ccccc23)NC(=O)[C@H](CCCNC(=N)N)NC(=O)[C@@H](Cc2ccccc2)NC(=O)[C@@H]2C[C@@H](O)CN2C1=O. The second-order valence-corrected chi connectivity index (χ2v) is 34.3. The topological polar surface area (TPSA) is 699 Å². The number of carbonyl (C=O) groups is 16. The van der Waals surface area contributed by atoms with E-state index in [0.29, 0.717) is 24.0 Å². The molecule has 0 bridgehead atoms. The Kier molecular flexibility index (Phi) is 50.2. The summed E-state index contributed by atoms with van der Waals surface area (Å²) in [7, 11) is 0. The number of aliphatic hydroxyl groups excluding tert-OH is 3. The molecule has 12 atom stereocenters. The first-order valence-corrected chi connectivity index (χ1v) is 47.4. The molecule has 0 saturated carbocycles. The van der Waals surface area contributed by atoms with Crippen molar-refractivity contribution >= 4 is 111 Å². The molecule has 25 N–H and O–H groups in total. The molecule has 2 aliphatic rings. The molecule has 5 heterocycles. The van der Waals surface area contributed by atoms with Crippen LogP contribution in [0.1, 0.15) is 210 Å². The number of rotatable bonds is 56. The van der Waals surface area contributed by atoms with E-state index >= 15 is 14.4 Å². The van der Waals surface area contributed by atoms with E-state index in [-0.39, 0.29) is 115 Å². The van der Waals surface area contributed by atoms with Crippen LogP contribution in [0.4, 0.5) is 0 Å². The van der Waals surface area contributed by atoms with E-state index in [4.69, 9.17) is 26.4 Å². The van der Waals surface area contributed by atoms with Gasteiger partial charge in [0, 0.05) is 101 Å². The van der Waals surface area contributed by atoms with Gasteiger partial charge in [-0.3, -0.25) is 82.1 Å². The number of fused-ring (bicyclic) bond motifs is 2. The van der Waals surface area contributed by atoms with Gasteiger partial charge in [0.15, 0.2) is 11.7 Å². The lowest BCUT2D eigenvalue weighted by Gasteiger charge is -2.31. The summed E-state index contributed by atoms with van der Waals surface area (Å²) in [4.78, 5) is 235. The number of amides is 15. The molecule has 137 heavy (non-hydrogen) atoms. The Labute approximate surface area is 794 Å². The van der Waals surface area contributed by atoms with Crippen molar-refractivity contribution in [2.24, 2.45) is 11.5 Å². The number of hydrogen-bond acceptors (Lipinski definition) is 26. The van der Waals surface area contributed by atoms with Crippen molar-refractivity contribution < 1.29 is 102 Å². The van der Waals surface area contributed by atoms with Crippen LogP contribution in [0, 0.1) is 5.41 Å². The number of H-pyrrole nitrogens is 3. The van der Waals surface area contributed by atoms with Gasteiger partial charge in [-0.2, -0.15) is 0 Å². The maximum Gasteiger partial charge on any atom is 0.246 e. The number of para-hydroxylation sites is 1. The Bertz CT molecular complexity index is 4660. The Morgan fingerprint density at radius 1 is 0.599 bits per heavy atom. The number of primary amides is 1. The fourth-order valence-electron chi connectivity index (χ4n) is 15.7. The molecule has 754 valence electrons. The van der Waals surface area contributed by atoms with Gasteiger partial charge >= 0.3 is 0 Å². The monoisotopic (exact) mass is 1920 g/mol. The van der Waals surface area contributed by atoms with E-state index in [1.54, 1.807) is 49.5 Å². The molecular formula is C91H139N25O21. The predicted molar refractivity (Wildman–Crippen MR) is 498 cm³/mol. The van der Waals surface area contributed by atoms with E-state index < -0.39 is 232 Å². The fraction of sp³-hybridized carbons (Fsp3) is 0.615. The standard InChI is InChI=1S/C91H139N25O21/c1-3-4-29-65(81(126)107-68-36-38-78(123)96-39-24-23-30-63(57(2)119)103-85(130)70(46-59-49-99-64-31-22-21-28-62(59)64)108-82(127)66(32-25-40-98-91(93)94)104-84(129)69(45-58-26-17-16-18-27-58)110-89(134)74-48-61(120)52-116(74)90(68)135)105-88(133)73(54-118)111-86(131)71(47-60-50-95-56-101-60)109-83(128)67(35-37-75(92)121)106-87(132)72(53-117)102-79(124)51-100-80(125)55-137-44-43-136-42-41-97-77(122)34-20-15-13-11-9-7-5-6-8-10-12-14-19-33-76-112-114-115-113-76/h16-18,21-22,26-28,31,49-50,56,61,63,65-74,99,117-118,120H,3-15,19-20,23-25,29-30,32-48,51-55H2,1-2H3,(H2,92,121)(H,95,101)(H,96,123)(H,97,122)(H,100,125)(H,102,124)(H,103,130)(H,104,129)(H,105,133)(H,106,132)(H,107,126)(H,108,127)(H,109,128)(H,110,134)(H,111,131)(H4,93,94,98)(H,112,113,114,115)/t61-,63+,65+,66+,67+,68+,69-,70+,71+,72+,73+,74+/m1/s1. The first-order valence-electron chi connectivity index (χ1n) is 47.4. The van der Waals surface area contributed by atoms with E-state index in [2.05, 4.69) is 110 Å². The summed E-state index contributed by atoms with van der Waals surface area (Å²) in [6, 6.07) is -1.77. The highest BCUT2D eigenvalue weighted by atomic mass is 16.5. The molecule has 7 rings (SSSR count). The van der Waals surface area contributed by atoms with Crippen LogP contribution in [0.15, 0.2) is 73.3 Å². The second-order valence-electron chi connectivity index (χ2n) is 34.3. The number of Topliss-reactive ketones (excluding diaryl/α,β-unsaturated/α-hetero) is 1. The van der Waals surface area contributed by atoms with Gasteiger partial charge < -0.3 is 126 Å². The summed E-state index contributed by atoms with van der Waals surface area (Å²) in [5, 5.41) is 91.1. The maximum atomic E-state index is 15.3. The lowest BCUT2D eigenvalue weighted by Crippen LogP contribution is -2.61. The number of aliphatic hydroxyl groups is 3. The molecule has 3 aromatic heterocycles. The van der Waals surface area contributed by atoms with Gasteiger partial charge in [0.2, 0.25) is 88.6 Å².